The highest BCUT2D eigenvalue weighted by Crippen LogP contribution is 2.26. The van der Waals surface area contributed by atoms with Gasteiger partial charge in [0.1, 0.15) is 5.58 Å². The van der Waals surface area contributed by atoms with Gasteiger partial charge in [-0.2, -0.15) is 8.42 Å². The first kappa shape index (κ1) is 19.4. The largest absolute Gasteiger partial charge is 0.422 e. The van der Waals surface area contributed by atoms with E-state index in [-0.39, 0.29) is 13.0 Å². The molecule has 7 nitrogen and oxygen atoms in total. The summed E-state index contributed by atoms with van der Waals surface area (Å²) in [5.41, 5.74) is 2.04. The van der Waals surface area contributed by atoms with Gasteiger partial charge in [0.2, 0.25) is 0 Å². The number of ether oxygens (including phenoxy) is 1. The second-order valence-corrected chi connectivity index (χ2v) is 7.67. The van der Waals surface area contributed by atoms with E-state index in [4.69, 9.17) is 25.9 Å². The smallest absolute Gasteiger partial charge is 0.340 e. The number of nitrogens with one attached hydrogen (secondary N) is 1. The van der Waals surface area contributed by atoms with Crippen LogP contribution < -0.4 is 15.5 Å². The molecule has 0 amide bonds. The Kier molecular flexibility index (Phi) is 5.52. The molecule has 9 heteroatoms. The maximum absolute atomic E-state index is 12.5. The number of methoxy groups -OCH3 is 1. The average molecular weight is 409 g/mol. The van der Waals surface area contributed by atoms with Crippen LogP contribution in [0.15, 0.2) is 51.7 Å². The minimum atomic E-state index is -3.89. The van der Waals surface area contributed by atoms with Gasteiger partial charge in [0.15, 0.2) is 0 Å². The fraction of sp³-hybridized carbons (Fsp3) is 0.167. The third-order valence-electron chi connectivity index (χ3n) is 3.94. The maximum atomic E-state index is 12.5. The molecule has 0 atom stereocenters. The van der Waals surface area contributed by atoms with E-state index >= 15 is 0 Å². The first-order valence-electron chi connectivity index (χ1n) is 7.89. The molecule has 0 aliphatic rings. The van der Waals surface area contributed by atoms with Crippen molar-refractivity contribution in [2.75, 3.05) is 11.8 Å². The Bertz CT molecular complexity index is 1160. The summed E-state index contributed by atoms with van der Waals surface area (Å²) in [6, 6.07) is 11.6. The number of anilines is 1. The average Bonchev–Trinajstić information content (AvgIpc) is 2.57. The standard InChI is InChI=1S/C18H17ClN2O5S/c1-25-10-16-14-9-12(19)5-6-17(14)26-18(22)15(16)8-11-3-2-4-13(7-11)21-27(20,23)24/h2-7,9,21H,8,10H2,1H3,(H2,20,23,24). The van der Waals surface area contributed by atoms with E-state index in [0.29, 0.717) is 38.4 Å². The van der Waals surface area contributed by atoms with Crippen LogP contribution >= 0.6 is 11.6 Å². The third-order valence-corrected chi connectivity index (χ3v) is 4.69. The molecular weight excluding hydrogens is 392 g/mol. The number of rotatable bonds is 6. The lowest BCUT2D eigenvalue weighted by Crippen LogP contribution is -2.21. The summed E-state index contributed by atoms with van der Waals surface area (Å²) in [5.74, 6) is 0. The number of hydrogen-bond donors (Lipinski definition) is 2. The minimum Gasteiger partial charge on any atom is -0.422 e. The molecule has 0 aliphatic heterocycles. The monoisotopic (exact) mass is 408 g/mol. The highest BCUT2D eigenvalue weighted by Gasteiger charge is 2.16. The zero-order valence-corrected chi connectivity index (χ0v) is 15.9. The number of benzene rings is 2. The summed E-state index contributed by atoms with van der Waals surface area (Å²) in [4.78, 5) is 12.5. The van der Waals surface area contributed by atoms with Crippen molar-refractivity contribution >= 4 is 38.5 Å². The van der Waals surface area contributed by atoms with Crippen LogP contribution in [0.4, 0.5) is 5.69 Å². The van der Waals surface area contributed by atoms with Crippen molar-refractivity contribution in [3.05, 3.63) is 74.6 Å². The minimum absolute atomic E-state index is 0.201. The Morgan fingerprint density at radius 2 is 1.96 bits per heavy atom. The quantitative estimate of drug-likeness (QED) is 0.609. The Morgan fingerprint density at radius 1 is 1.19 bits per heavy atom. The van der Waals surface area contributed by atoms with Crippen molar-refractivity contribution in [3.8, 4) is 0 Å². The van der Waals surface area contributed by atoms with Crippen LogP contribution in [0.3, 0.4) is 0 Å². The molecule has 3 aromatic rings. The van der Waals surface area contributed by atoms with Crippen molar-refractivity contribution < 1.29 is 17.6 Å². The first-order valence-corrected chi connectivity index (χ1v) is 9.82. The molecule has 0 unspecified atom stereocenters. The van der Waals surface area contributed by atoms with E-state index in [1.54, 1.807) is 42.5 Å². The second kappa shape index (κ2) is 7.69. The maximum Gasteiger partial charge on any atom is 0.340 e. The highest BCUT2D eigenvalue weighted by atomic mass is 35.5. The summed E-state index contributed by atoms with van der Waals surface area (Å²) in [6.45, 7) is 0.201. The predicted molar refractivity (Wildman–Crippen MR) is 104 cm³/mol. The Labute approximate surface area is 160 Å². The zero-order chi connectivity index (χ0) is 19.6. The number of hydrogen-bond acceptors (Lipinski definition) is 5. The number of halogens is 1. The van der Waals surface area contributed by atoms with Gasteiger partial charge >= 0.3 is 5.63 Å². The zero-order valence-electron chi connectivity index (χ0n) is 14.4. The summed E-state index contributed by atoms with van der Waals surface area (Å²) < 4.78 is 35.3. The molecule has 0 saturated carbocycles. The number of nitrogens with two attached hydrogens (primary N) is 1. The molecule has 0 radical (unpaired) electrons. The molecule has 0 aliphatic carbocycles. The second-order valence-electron chi connectivity index (χ2n) is 5.94. The Morgan fingerprint density at radius 3 is 2.67 bits per heavy atom. The van der Waals surface area contributed by atoms with Gasteiger partial charge in [-0.25, -0.2) is 9.93 Å². The van der Waals surface area contributed by atoms with Crippen LogP contribution in [0.2, 0.25) is 5.02 Å². The first-order chi connectivity index (χ1) is 12.8. The topological polar surface area (TPSA) is 112 Å². The van der Waals surface area contributed by atoms with E-state index in [2.05, 4.69) is 4.72 Å². The van der Waals surface area contributed by atoms with Gasteiger partial charge in [0, 0.05) is 29.5 Å². The molecule has 3 N–H and O–H groups in total. The molecule has 1 heterocycles. The molecule has 142 valence electrons. The lowest BCUT2D eigenvalue weighted by molar-refractivity contribution is 0.184. The van der Waals surface area contributed by atoms with E-state index in [0.717, 1.165) is 0 Å². The van der Waals surface area contributed by atoms with Gasteiger partial charge in [0.25, 0.3) is 10.2 Å². The normalized spacial score (nSPS) is 11.7. The molecule has 0 spiro atoms. The van der Waals surface area contributed by atoms with Crippen molar-refractivity contribution in [2.45, 2.75) is 13.0 Å². The number of fused-ring (bicyclic) bond motifs is 1. The molecule has 2 aromatic carbocycles. The lowest BCUT2D eigenvalue weighted by atomic mass is 9.99. The van der Waals surface area contributed by atoms with Crippen LogP contribution in [0.5, 0.6) is 0 Å². The molecule has 0 fully saturated rings. The van der Waals surface area contributed by atoms with E-state index in [1.165, 1.54) is 7.11 Å². The summed E-state index contributed by atoms with van der Waals surface area (Å²) >= 11 is 6.09. The molecule has 1 aromatic heterocycles. The van der Waals surface area contributed by atoms with Crippen molar-refractivity contribution in [3.63, 3.8) is 0 Å². The lowest BCUT2D eigenvalue weighted by Gasteiger charge is -2.12. The Hall–Kier alpha value is -2.39. The van der Waals surface area contributed by atoms with Gasteiger partial charge in [-0.15, -0.1) is 0 Å². The summed E-state index contributed by atoms with van der Waals surface area (Å²) in [6.07, 6.45) is 0.226. The van der Waals surface area contributed by atoms with Gasteiger partial charge in [-0.05, 0) is 41.5 Å². The van der Waals surface area contributed by atoms with E-state index in [1.807, 2.05) is 0 Å². The van der Waals surface area contributed by atoms with Gasteiger partial charge in [-0.1, -0.05) is 23.7 Å². The predicted octanol–water partition coefficient (Wildman–Crippen LogP) is 2.80. The molecular formula is C18H17ClN2O5S. The van der Waals surface area contributed by atoms with Gasteiger partial charge in [-0.3, -0.25) is 4.72 Å². The van der Waals surface area contributed by atoms with Gasteiger partial charge < -0.3 is 9.15 Å². The molecule has 0 bridgehead atoms. The van der Waals surface area contributed by atoms with Crippen LogP contribution in [-0.2, 0) is 28.0 Å². The molecule has 27 heavy (non-hydrogen) atoms. The fourth-order valence-corrected chi connectivity index (χ4v) is 3.50. The summed E-state index contributed by atoms with van der Waals surface area (Å²) in [5, 5.41) is 6.21. The van der Waals surface area contributed by atoms with E-state index < -0.39 is 15.8 Å². The van der Waals surface area contributed by atoms with Crippen LogP contribution in [0, 0.1) is 0 Å². The molecule has 3 rings (SSSR count). The van der Waals surface area contributed by atoms with Crippen molar-refractivity contribution in [1.82, 2.24) is 0 Å². The van der Waals surface area contributed by atoms with Crippen molar-refractivity contribution in [2.24, 2.45) is 5.14 Å². The molecule has 0 saturated heterocycles. The van der Waals surface area contributed by atoms with Crippen LogP contribution in [-0.4, -0.2) is 15.5 Å². The van der Waals surface area contributed by atoms with Crippen LogP contribution in [0.25, 0.3) is 11.0 Å². The fourth-order valence-electron chi connectivity index (χ4n) is 2.88. The van der Waals surface area contributed by atoms with Crippen molar-refractivity contribution in [1.29, 1.82) is 0 Å². The Balaban J connectivity index is 2.09. The van der Waals surface area contributed by atoms with Crippen LogP contribution in [0.1, 0.15) is 16.7 Å². The highest BCUT2D eigenvalue weighted by molar-refractivity contribution is 7.90. The van der Waals surface area contributed by atoms with Gasteiger partial charge in [0.05, 0.1) is 12.3 Å². The SMILES string of the molecule is COCc1c(Cc2cccc(NS(N)(=O)=O)c2)c(=O)oc2ccc(Cl)cc12. The summed E-state index contributed by atoms with van der Waals surface area (Å²) in [7, 11) is -2.36. The third kappa shape index (κ3) is 4.67. The van der Waals surface area contributed by atoms with E-state index in [9.17, 15) is 13.2 Å².